The molecule has 0 atom stereocenters. The highest BCUT2D eigenvalue weighted by molar-refractivity contribution is 5.38. The van der Waals surface area contributed by atoms with Gasteiger partial charge in [0.15, 0.2) is 5.75 Å². The van der Waals surface area contributed by atoms with Gasteiger partial charge in [0.1, 0.15) is 12.5 Å². The molecule has 1 aromatic carbocycles. The van der Waals surface area contributed by atoms with Crippen molar-refractivity contribution in [1.29, 1.82) is 0 Å². The van der Waals surface area contributed by atoms with Crippen molar-refractivity contribution in [2.45, 2.75) is 0 Å². The van der Waals surface area contributed by atoms with Gasteiger partial charge < -0.3 is 9.84 Å². The lowest BCUT2D eigenvalue weighted by Crippen LogP contribution is -2.13. The van der Waals surface area contributed by atoms with Crippen molar-refractivity contribution in [2.24, 2.45) is 0 Å². The average Bonchev–Trinajstić information content (AvgIpc) is 2.75. The Labute approximate surface area is 93.3 Å². The van der Waals surface area contributed by atoms with Crippen LogP contribution in [0.3, 0.4) is 0 Å². The first-order valence-electron chi connectivity index (χ1n) is 4.91. The van der Waals surface area contributed by atoms with Gasteiger partial charge in [0, 0.05) is 6.07 Å². The molecular weight excluding hydrogens is 206 g/mol. The number of phenolic OH excluding ortho intramolecular Hbond substituents is 1. The summed E-state index contributed by atoms with van der Waals surface area (Å²) < 4.78 is 6.97. The summed E-state index contributed by atoms with van der Waals surface area (Å²) in [7, 11) is 1.81. The summed E-state index contributed by atoms with van der Waals surface area (Å²) in [5, 5.41) is 16.3. The zero-order chi connectivity index (χ0) is 11.4. The maximum atomic E-state index is 9.34. The number of aromatic hydroxyl groups is 1. The Bertz CT molecular complexity index is 468. The zero-order valence-corrected chi connectivity index (χ0v) is 8.92. The smallest absolute Gasteiger partial charge is 0.159 e. The minimum absolute atomic E-state index is 0.214. The zero-order valence-electron chi connectivity index (χ0n) is 8.92. The topological polar surface area (TPSA) is 59.3 Å². The van der Waals surface area contributed by atoms with E-state index in [-0.39, 0.29) is 5.75 Å². The second-order valence-corrected chi connectivity index (χ2v) is 3.28. The van der Waals surface area contributed by atoms with Crippen LogP contribution in [0.15, 0.2) is 36.7 Å². The van der Waals surface area contributed by atoms with Gasteiger partial charge in [0.2, 0.25) is 0 Å². The number of hydrogen-bond donors (Lipinski definition) is 2. The summed E-state index contributed by atoms with van der Waals surface area (Å²) in [5.74, 6) is 0.892. The monoisotopic (exact) mass is 219 g/mol. The molecule has 0 spiro atoms. The van der Waals surface area contributed by atoms with Gasteiger partial charge in [-0.25, -0.2) is 4.68 Å². The van der Waals surface area contributed by atoms with Crippen LogP contribution in [0, 0.1) is 0 Å². The fourth-order valence-electron chi connectivity index (χ4n) is 1.31. The normalized spacial score (nSPS) is 10.3. The maximum absolute atomic E-state index is 9.34. The van der Waals surface area contributed by atoms with Gasteiger partial charge in [0.05, 0.1) is 18.1 Å². The first-order chi connectivity index (χ1) is 7.79. The predicted octanol–water partition coefficient (Wildman–Crippen LogP) is 1.13. The first-order valence-corrected chi connectivity index (χ1v) is 4.91. The van der Waals surface area contributed by atoms with Crippen LogP contribution in [0.4, 0.5) is 0 Å². The molecule has 16 heavy (non-hydrogen) atoms. The minimum atomic E-state index is 0.214. The van der Waals surface area contributed by atoms with E-state index < -0.39 is 0 Å². The molecule has 0 unspecified atom stereocenters. The third-order valence-electron chi connectivity index (χ3n) is 2.04. The second kappa shape index (κ2) is 4.67. The predicted molar refractivity (Wildman–Crippen MR) is 59.8 cm³/mol. The Morgan fingerprint density at radius 3 is 3.12 bits per heavy atom. The van der Waals surface area contributed by atoms with Crippen LogP contribution in [0.2, 0.25) is 0 Å². The highest BCUT2D eigenvalue weighted by atomic mass is 16.5. The van der Waals surface area contributed by atoms with Crippen molar-refractivity contribution in [2.75, 3.05) is 13.8 Å². The Morgan fingerprint density at radius 1 is 1.50 bits per heavy atom. The Balaban J connectivity index is 2.18. The van der Waals surface area contributed by atoms with Gasteiger partial charge in [-0.1, -0.05) is 6.07 Å². The molecule has 5 heteroatoms. The van der Waals surface area contributed by atoms with E-state index in [1.807, 2.05) is 6.07 Å². The van der Waals surface area contributed by atoms with Crippen LogP contribution in [-0.2, 0) is 0 Å². The molecule has 2 aromatic rings. The van der Waals surface area contributed by atoms with E-state index in [1.165, 1.54) is 0 Å². The molecule has 1 heterocycles. The largest absolute Gasteiger partial charge is 0.508 e. The molecule has 0 saturated heterocycles. The number of phenols is 1. The Kier molecular flexibility index (Phi) is 3.07. The molecular formula is C11H13N3O2. The highest BCUT2D eigenvalue weighted by Gasteiger charge is 2.01. The molecule has 0 aliphatic heterocycles. The summed E-state index contributed by atoms with van der Waals surface area (Å²) in [5.41, 5.74) is 0.791. The summed E-state index contributed by atoms with van der Waals surface area (Å²) in [6.07, 6.45) is 3.38. The van der Waals surface area contributed by atoms with Crippen LogP contribution >= 0.6 is 0 Å². The Hall–Kier alpha value is -2.01. The number of ether oxygens (including phenoxy) is 1. The molecule has 0 amide bonds. The summed E-state index contributed by atoms with van der Waals surface area (Å²) >= 11 is 0. The van der Waals surface area contributed by atoms with E-state index >= 15 is 0 Å². The summed E-state index contributed by atoms with van der Waals surface area (Å²) in [6, 6.07) is 6.87. The minimum Gasteiger partial charge on any atom is -0.508 e. The van der Waals surface area contributed by atoms with Gasteiger partial charge >= 0.3 is 0 Å². The van der Waals surface area contributed by atoms with E-state index in [0.717, 1.165) is 5.69 Å². The van der Waals surface area contributed by atoms with Gasteiger partial charge in [-0.2, -0.15) is 5.10 Å². The van der Waals surface area contributed by atoms with E-state index in [1.54, 1.807) is 42.3 Å². The van der Waals surface area contributed by atoms with Crippen LogP contribution in [0.1, 0.15) is 0 Å². The summed E-state index contributed by atoms with van der Waals surface area (Å²) in [4.78, 5) is 0. The van der Waals surface area contributed by atoms with Crippen LogP contribution < -0.4 is 10.1 Å². The van der Waals surface area contributed by atoms with E-state index in [0.29, 0.717) is 12.5 Å². The summed E-state index contributed by atoms with van der Waals surface area (Å²) in [6.45, 7) is 0.436. The van der Waals surface area contributed by atoms with E-state index in [2.05, 4.69) is 10.4 Å². The number of hydrogen-bond acceptors (Lipinski definition) is 4. The fourth-order valence-corrected chi connectivity index (χ4v) is 1.31. The first kappa shape index (κ1) is 10.5. The number of rotatable bonds is 4. The van der Waals surface area contributed by atoms with Crippen LogP contribution in [-0.4, -0.2) is 28.7 Å². The number of nitrogens with one attached hydrogen (secondary N) is 1. The van der Waals surface area contributed by atoms with E-state index in [9.17, 15) is 5.11 Å². The number of nitrogens with zero attached hydrogens (tertiary/aromatic N) is 2. The molecule has 0 aliphatic rings. The lowest BCUT2D eigenvalue weighted by Gasteiger charge is -2.01. The molecule has 2 rings (SSSR count). The molecule has 0 bridgehead atoms. The van der Waals surface area contributed by atoms with Crippen molar-refractivity contribution < 1.29 is 9.84 Å². The van der Waals surface area contributed by atoms with Gasteiger partial charge in [-0.15, -0.1) is 0 Å². The fraction of sp³-hybridized carbons (Fsp3) is 0.182. The molecule has 84 valence electrons. The molecule has 0 aliphatic carbocycles. The maximum Gasteiger partial charge on any atom is 0.159 e. The molecule has 1 aromatic heterocycles. The molecule has 0 fully saturated rings. The molecule has 5 nitrogen and oxygen atoms in total. The van der Waals surface area contributed by atoms with Crippen molar-refractivity contribution in [3.63, 3.8) is 0 Å². The van der Waals surface area contributed by atoms with Gasteiger partial charge in [-0.05, 0) is 19.2 Å². The van der Waals surface area contributed by atoms with Crippen molar-refractivity contribution >= 4 is 0 Å². The van der Waals surface area contributed by atoms with Crippen LogP contribution in [0.5, 0.6) is 11.5 Å². The second-order valence-electron chi connectivity index (χ2n) is 3.28. The van der Waals surface area contributed by atoms with Crippen LogP contribution in [0.25, 0.3) is 5.69 Å². The molecule has 0 saturated carbocycles. The number of benzene rings is 1. The third kappa shape index (κ3) is 2.32. The lowest BCUT2D eigenvalue weighted by molar-refractivity contribution is 0.296. The van der Waals surface area contributed by atoms with E-state index in [4.69, 9.17) is 4.74 Å². The van der Waals surface area contributed by atoms with Crippen molar-refractivity contribution in [1.82, 2.24) is 15.1 Å². The highest BCUT2D eigenvalue weighted by Crippen LogP contribution is 2.17. The van der Waals surface area contributed by atoms with Gasteiger partial charge in [0.25, 0.3) is 0 Å². The van der Waals surface area contributed by atoms with Gasteiger partial charge in [-0.3, -0.25) is 5.32 Å². The molecule has 0 radical (unpaired) electrons. The van der Waals surface area contributed by atoms with Crippen molar-refractivity contribution in [3.05, 3.63) is 36.7 Å². The average molecular weight is 219 g/mol. The SMILES string of the molecule is CNCOc1cnn(-c2cccc(O)c2)c1. The number of aromatic nitrogens is 2. The lowest BCUT2D eigenvalue weighted by atomic mass is 10.3. The Morgan fingerprint density at radius 2 is 2.38 bits per heavy atom. The third-order valence-corrected chi connectivity index (χ3v) is 2.04. The standard InChI is InChI=1S/C11H13N3O2/c1-12-8-16-11-6-13-14(7-11)9-3-2-4-10(15)5-9/h2-7,12,15H,8H2,1H3. The quantitative estimate of drug-likeness (QED) is 0.757. The molecule has 2 N–H and O–H groups in total. The van der Waals surface area contributed by atoms with Crippen molar-refractivity contribution in [3.8, 4) is 17.2 Å².